The fourth-order valence-corrected chi connectivity index (χ4v) is 2.29. The summed E-state index contributed by atoms with van der Waals surface area (Å²) in [5.41, 5.74) is 2.13. The number of ether oxygens (including phenoxy) is 2. The molecule has 0 aromatic heterocycles. The van der Waals surface area contributed by atoms with Crippen molar-refractivity contribution in [1.82, 2.24) is 5.32 Å². The number of carboxylic acids is 1. The van der Waals surface area contributed by atoms with Gasteiger partial charge in [-0.05, 0) is 43.7 Å². The lowest BCUT2D eigenvalue weighted by molar-refractivity contribution is -0.141. The normalized spacial score (nSPS) is 16.2. The molecule has 5 heteroatoms. The molecule has 1 heterocycles. The number of hydrogen-bond acceptors (Lipinski definition) is 4. The molecule has 2 unspecified atom stereocenters. The van der Waals surface area contributed by atoms with Gasteiger partial charge in [0.05, 0.1) is 5.92 Å². The molecule has 19 heavy (non-hydrogen) atoms. The summed E-state index contributed by atoms with van der Waals surface area (Å²) in [5.74, 6) is 0.298. The van der Waals surface area contributed by atoms with E-state index >= 15 is 0 Å². The second-order valence-corrected chi connectivity index (χ2v) is 4.88. The summed E-state index contributed by atoms with van der Waals surface area (Å²) in [7, 11) is 1.84. The van der Waals surface area contributed by atoms with E-state index in [4.69, 9.17) is 14.6 Å². The molecule has 1 aliphatic rings. The van der Waals surface area contributed by atoms with Crippen molar-refractivity contribution < 1.29 is 19.4 Å². The third-order valence-electron chi connectivity index (χ3n) is 3.50. The van der Waals surface area contributed by atoms with Gasteiger partial charge in [-0.1, -0.05) is 6.92 Å². The Kier molecular flexibility index (Phi) is 3.95. The van der Waals surface area contributed by atoms with Crippen molar-refractivity contribution in [3.05, 3.63) is 23.3 Å². The molecule has 0 aliphatic carbocycles. The van der Waals surface area contributed by atoms with Crippen LogP contribution in [-0.2, 0) is 4.79 Å². The number of aliphatic carboxylic acids is 1. The van der Waals surface area contributed by atoms with Gasteiger partial charge in [-0.25, -0.2) is 0 Å². The Labute approximate surface area is 112 Å². The van der Waals surface area contributed by atoms with Crippen LogP contribution in [0.15, 0.2) is 12.1 Å². The molecule has 0 spiro atoms. The Morgan fingerprint density at radius 1 is 1.42 bits per heavy atom. The van der Waals surface area contributed by atoms with Crippen LogP contribution in [0.3, 0.4) is 0 Å². The molecule has 0 saturated carbocycles. The highest BCUT2D eigenvalue weighted by molar-refractivity contribution is 5.69. The van der Waals surface area contributed by atoms with Gasteiger partial charge in [0.25, 0.3) is 0 Å². The zero-order valence-electron chi connectivity index (χ0n) is 11.4. The average molecular weight is 265 g/mol. The topological polar surface area (TPSA) is 67.8 Å². The van der Waals surface area contributed by atoms with E-state index in [9.17, 15) is 4.79 Å². The molecular weight excluding hydrogens is 246 g/mol. The monoisotopic (exact) mass is 265 g/mol. The van der Waals surface area contributed by atoms with E-state index in [0.29, 0.717) is 6.42 Å². The number of carboxylic acid groups (broad SMARTS) is 1. The van der Waals surface area contributed by atoms with E-state index in [2.05, 4.69) is 5.32 Å². The number of fused-ring (bicyclic) bond motifs is 1. The summed E-state index contributed by atoms with van der Waals surface area (Å²) < 4.78 is 10.7. The number of rotatable bonds is 5. The molecule has 5 nitrogen and oxygen atoms in total. The summed E-state index contributed by atoms with van der Waals surface area (Å²) in [5, 5.41) is 12.2. The second kappa shape index (κ2) is 5.48. The van der Waals surface area contributed by atoms with Crippen LogP contribution in [0, 0.1) is 12.8 Å². The van der Waals surface area contributed by atoms with Crippen molar-refractivity contribution in [1.29, 1.82) is 0 Å². The highest BCUT2D eigenvalue weighted by Crippen LogP contribution is 2.37. The quantitative estimate of drug-likeness (QED) is 0.853. The van der Waals surface area contributed by atoms with E-state index in [1.165, 1.54) is 0 Å². The van der Waals surface area contributed by atoms with Crippen LogP contribution >= 0.6 is 0 Å². The smallest absolute Gasteiger partial charge is 0.306 e. The summed E-state index contributed by atoms with van der Waals surface area (Å²) in [6, 6.07) is 3.86. The van der Waals surface area contributed by atoms with Gasteiger partial charge < -0.3 is 19.9 Å². The first-order valence-corrected chi connectivity index (χ1v) is 6.33. The molecule has 2 atom stereocenters. The largest absolute Gasteiger partial charge is 0.481 e. The summed E-state index contributed by atoms with van der Waals surface area (Å²) in [6.45, 7) is 3.95. The number of nitrogens with one attached hydrogen (secondary N) is 1. The molecule has 1 aromatic rings. The molecule has 2 N–H and O–H groups in total. The van der Waals surface area contributed by atoms with Crippen molar-refractivity contribution in [3.8, 4) is 11.5 Å². The number of carbonyl (C=O) groups is 1. The van der Waals surface area contributed by atoms with Gasteiger partial charge in [0.15, 0.2) is 11.5 Å². The SMILES string of the molecule is CNC(CC(C)C(=O)O)c1cc2c(cc1C)OCO2. The molecule has 0 amide bonds. The zero-order valence-corrected chi connectivity index (χ0v) is 11.4. The van der Waals surface area contributed by atoms with Gasteiger partial charge in [0.1, 0.15) is 0 Å². The Balaban J connectivity index is 2.25. The predicted octanol–water partition coefficient (Wildman–Crippen LogP) is 2.10. The lowest BCUT2D eigenvalue weighted by atomic mass is 9.93. The average Bonchev–Trinajstić information content (AvgIpc) is 2.81. The minimum Gasteiger partial charge on any atom is -0.481 e. The molecule has 0 fully saturated rings. The van der Waals surface area contributed by atoms with Crippen LogP contribution < -0.4 is 14.8 Å². The maximum atomic E-state index is 11.0. The van der Waals surface area contributed by atoms with Crippen LogP contribution in [-0.4, -0.2) is 24.9 Å². The third kappa shape index (κ3) is 2.81. The Morgan fingerprint density at radius 3 is 2.63 bits per heavy atom. The van der Waals surface area contributed by atoms with Crippen molar-refractivity contribution >= 4 is 5.97 Å². The van der Waals surface area contributed by atoms with Crippen molar-refractivity contribution in [2.45, 2.75) is 26.3 Å². The van der Waals surface area contributed by atoms with Gasteiger partial charge >= 0.3 is 5.97 Å². The maximum Gasteiger partial charge on any atom is 0.306 e. The third-order valence-corrected chi connectivity index (χ3v) is 3.50. The first-order chi connectivity index (χ1) is 9.02. The van der Waals surface area contributed by atoms with Crippen molar-refractivity contribution in [2.75, 3.05) is 13.8 Å². The van der Waals surface area contributed by atoms with E-state index in [1.54, 1.807) is 6.92 Å². The molecule has 0 saturated heterocycles. The zero-order chi connectivity index (χ0) is 14.0. The summed E-state index contributed by atoms with van der Waals surface area (Å²) in [6.07, 6.45) is 0.534. The second-order valence-electron chi connectivity index (χ2n) is 4.88. The predicted molar refractivity (Wildman–Crippen MR) is 70.5 cm³/mol. The summed E-state index contributed by atoms with van der Waals surface area (Å²) >= 11 is 0. The van der Waals surface area contributed by atoms with E-state index in [1.807, 2.05) is 26.1 Å². The number of aryl methyl sites for hydroxylation is 1. The Hall–Kier alpha value is -1.75. The first kappa shape index (κ1) is 13.7. The highest BCUT2D eigenvalue weighted by atomic mass is 16.7. The fraction of sp³-hybridized carbons (Fsp3) is 0.500. The number of benzene rings is 1. The van der Waals surface area contributed by atoms with Crippen LogP contribution in [0.1, 0.15) is 30.5 Å². The fourth-order valence-electron chi connectivity index (χ4n) is 2.29. The molecule has 1 aliphatic heterocycles. The van der Waals surface area contributed by atoms with Crippen LogP contribution in [0.5, 0.6) is 11.5 Å². The maximum absolute atomic E-state index is 11.0. The van der Waals surface area contributed by atoms with Gasteiger partial charge in [-0.2, -0.15) is 0 Å². The van der Waals surface area contributed by atoms with Gasteiger partial charge in [0.2, 0.25) is 6.79 Å². The van der Waals surface area contributed by atoms with Gasteiger partial charge in [-0.15, -0.1) is 0 Å². The van der Waals surface area contributed by atoms with E-state index in [0.717, 1.165) is 22.6 Å². The lowest BCUT2D eigenvalue weighted by Crippen LogP contribution is -2.23. The standard InChI is InChI=1S/C14H19NO4/c1-8-5-12-13(19-7-18-12)6-10(8)11(15-3)4-9(2)14(16)17/h5-6,9,11,15H,4,7H2,1-3H3,(H,16,17). The van der Waals surface area contributed by atoms with Crippen LogP contribution in [0.4, 0.5) is 0 Å². The molecule has 104 valence electrons. The van der Waals surface area contributed by atoms with Crippen LogP contribution in [0.25, 0.3) is 0 Å². The number of hydrogen-bond donors (Lipinski definition) is 2. The minimum atomic E-state index is -0.779. The van der Waals surface area contributed by atoms with Crippen molar-refractivity contribution in [2.24, 2.45) is 5.92 Å². The lowest BCUT2D eigenvalue weighted by Gasteiger charge is -2.21. The minimum absolute atomic E-state index is 0.0133. The Bertz CT molecular complexity index is 487. The van der Waals surface area contributed by atoms with Gasteiger partial charge in [-0.3, -0.25) is 4.79 Å². The molecule has 0 radical (unpaired) electrons. The van der Waals surface area contributed by atoms with Crippen molar-refractivity contribution in [3.63, 3.8) is 0 Å². The molecule has 1 aromatic carbocycles. The molecule has 2 rings (SSSR count). The first-order valence-electron chi connectivity index (χ1n) is 6.33. The molecular formula is C14H19NO4. The van der Waals surface area contributed by atoms with Gasteiger partial charge in [0, 0.05) is 6.04 Å². The van der Waals surface area contributed by atoms with E-state index < -0.39 is 11.9 Å². The highest BCUT2D eigenvalue weighted by Gasteiger charge is 2.23. The Morgan fingerprint density at radius 2 is 2.05 bits per heavy atom. The summed E-state index contributed by atoms with van der Waals surface area (Å²) in [4.78, 5) is 11.0. The van der Waals surface area contributed by atoms with Crippen LogP contribution in [0.2, 0.25) is 0 Å². The van der Waals surface area contributed by atoms with E-state index in [-0.39, 0.29) is 12.8 Å². The molecule has 0 bridgehead atoms.